The first-order valence-electron chi connectivity index (χ1n) is 4.63. The first kappa shape index (κ1) is 10.9. The molecule has 1 fully saturated rings. The van der Waals surface area contributed by atoms with Crippen LogP contribution in [0.4, 0.5) is 0 Å². The lowest BCUT2D eigenvalue weighted by atomic mass is 10.2. The summed E-state index contributed by atoms with van der Waals surface area (Å²) in [6, 6.07) is 0.505. The molecular weight excluding hydrogens is 188 g/mol. The first-order valence-corrected chi connectivity index (χ1v) is 6.34. The number of hydrogen-bond donors (Lipinski definition) is 1. The normalized spacial score (nSPS) is 25.7. The summed E-state index contributed by atoms with van der Waals surface area (Å²) in [5.41, 5.74) is 0. The summed E-state index contributed by atoms with van der Waals surface area (Å²) in [5, 5.41) is 4.99. The van der Waals surface area contributed by atoms with E-state index < -0.39 is 10.0 Å². The third-order valence-electron chi connectivity index (χ3n) is 2.52. The molecule has 1 unspecified atom stereocenters. The molecule has 4 nitrogen and oxygen atoms in total. The Labute approximate surface area is 80.1 Å². The largest absolute Gasteiger partial charge is 0.301 e. The predicted molar refractivity (Wildman–Crippen MR) is 52.8 cm³/mol. The molecule has 0 bridgehead atoms. The van der Waals surface area contributed by atoms with Gasteiger partial charge in [-0.2, -0.15) is 0 Å². The van der Waals surface area contributed by atoms with E-state index in [1.807, 2.05) is 0 Å². The van der Waals surface area contributed by atoms with Gasteiger partial charge in [-0.25, -0.2) is 13.6 Å². The Bertz CT molecular complexity index is 261. The summed E-state index contributed by atoms with van der Waals surface area (Å²) in [6.45, 7) is 6.12. The van der Waals surface area contributed by atoms with Crippen molar-refractivity contribution < 1.29 is 8.42 Å². The summed E-state index contributed by atoms with van der Waals surface area (Å²) in [7, 11) is -3.28. The van der Waals surface area contributed by atoms with Gasteiger partial charge in [0.2, 0.25) is 10.0 Å². The fraction of sp³-hybridized carbons (Fsp3) is 1.00. The molecule has 78 valence electrons. The zero-order valence-corrected chi connectivity index (χ0v) is 9.05. The number of nitrogens with two attached hydrogens (primary N) is 1. The molecule has 0 aromatic heterocycles. The first-order chi connectivity index (χ1) is 5.88. The van der Waals surface area contributed by atoms with Crippen LogP contribution in [0.2, 0.25) is 0 Å². The van der Waals surface area contributed by atoms with Crippen LogP contribution in [0.3, 0.4) is 0 Å². The van der Waals surface area contributed by atoms with Crippen molar-refractivity contribution in [2.75, 3.05) is 18.8 Å². The van der Waals surface area contributed by atoms with Gasteiger partial charge in [-0.05, 0) is 32.7 Å². The number of hydrogen-bond acceptors (Lipinski definition) is 3. The highest BCUT2D eigenvalue weighted by atomic mass is 32.2. The third kappa shape index (κ3) is 3.62. The molecule has 5 heteroatoms. The Morgan fingerprint density at radius 3 is 2.54 bits per heavy atom. The Kier molecular flexibility index (Phi) is 3.32. The number of primary sulfonamides is 1. The predicted octanol–water partition coefficient (Wildman–Crippen LogP) is 0.00520. The average Bonchev–Trinajstić information content (AvgIpc) is 2.31. The minimum absolute atomic E-state index is 0.135. The molecule has 1 rings (SSSR count). The van der Waals surface area contributed by atoms with Crippen LogP contribution in [0, 0.1) is 5.92 Å². The van der Waals surface area contributed by atoms with Crippen LogP contribution in [0.1, 0.15) is 20.3 Å². The van der Waals surface area contributed by atoms with Gasteiger partial charge in [0.25, 0.3) is 0 Å². The van der Waals surface area contributed by atoms with E-state index in [-0.39, 0.29) is 11.7 Å². The minimum Gasteiger partial charge on any atom is -0.301 e. The van der Waals surface area contributed by atoms with Gasteiger partial charge in [0.15, 0.2) is 0 Å². The summed E-state index contributed by atoms with van der Waals surface area (Å²) in [4.78, 5) is 2.29. The van der Waals surface area contributed by atoms with Crippen molar-refractivity contribution in [3.63, 3.8) is 0 Å². The lowest BCUT2D eigenvalue weighted by molar-refractivity contribution is 0.268. The van der Waals surface area contributed by atoms with Crippen molar-refractivity contribution in [1.82, 2.24) is 4.90 Å². The van der Waals surface area contributed by atoms with Crippen LogP contribution >= 0.6 is 0 Å². The molecule has 0 aromatic carbocycles. The van der Waals surface area contributed by atoms with E-state index in [2.05, 4.69) is 18.7 Å². The highest BCUT2D eigenvalue weighted by Gasteiger charge is 2.26. The van der Waals surface area contributed by atoms with Crippen molar-refractivity contribution in [2.45, 2.75) is 26.3 Å². The van der Waals surface area contributed by atoms with Gasteiger partial charge in [-0.1, -0.05) is 0 Å². The van der Waals surface area contributed by atoms with Gasteiger partial charge in [-0.15, -0.1) is 0 Å². The summed E-state index contributed by atoms with van der Waals surface area (Å²) >= 11 is 0. The Morgan fingerprint density at radius 1 is 1.54 bits per heavy atom. The SMILES string of the molecule is CC(C)N1CCC(CS(N)(=O)=O)C1. The van der Waals surface area contributed by atoms with Crippen LogP contribution in [-0.4, -0.2) is 38.2 Å². The summed E-state index contributed by atoms with van der Waals surface area (Å²) in [5.74, 6) is 0.369. The smallest absolute Gasteiger partial charge is 0.209 e. The Hall–Kier alpha value is -0.130. The highest BCUT2D eigenvalue weighted by molar-refractivity contribution is 7.89. The van der Waals surface area contributed by atoms with Gasteiger partial charge >= 0.3 is 0 Å². The molecule has 1 saturated heterocycles. The standard InChI is InChI=1S/C8H18N2O2S/c1-7(2)10-4-3-8(5-10)6-13(9,11)12/h7-8H,3-6H2,1-2H3,(H2,9,11,12). The zero-order valence-electron chi connectivity index (χ0n) is 8.23. The van der Waals surface area contributed by atoms with Crippen LogP contribution in [0.25, 0.3) is 0 Å². The molecule has 0 aromatic rings. The third-order valence-corrected chi connectivity index (χ3v) is 3.45. The molecule has 1 aliphatic rings. The molecule has 0 aliphatic carbocycles. The highest BCUT2D eigenvalue weighted by Crippen LogP contribution is 2.19. The second-order valence-electron chi connectivity index (χ2n) is 4.07. The van der Waals surface area contributed by atoms with Crippen molar-refractivity contribution >= 4 is 10.0 Å². The maximum absolute atomic E-state index is 10.8. The maximum Gasteiger partial charge on any atom is 0.209 e. The van der Waals surface area contributed by atoms with E-state index in [9.17, 15) is 8.42 Å². The molecular formula is C8H18N2O2S. The average molecular weight is 206 g/mol. The van der Waals surface area contributed by atoms with E-state index in [1.54, 1.807) is 0 Å². The van der Waals surface area contributed by atoms with Crippen molar-refractivity contribution in [3.05, 3.63) is 0 Å². The molecule has 0 saturated carbocycles. The fourth-order valence-electron chi connectivity index (χ4n) is 1.80. The van der Waals surface area contributed by atoms with Crippen LogP contribution < -0.4 is 5.14 Å². The molecule has 1 aliphatic heterocycles. The van der Waals surface area contributed by atoms with Gasteiger partial charge in [-0.3, -0.25) is 0 Å². The van der Waals surface area contributed by atoms with Gasteiger partial charge < -0.3 is 4.90 Å². The lowest BCUT2D eigenvalue weighted by Crippen LogP contribution is -2.30. The Morgan fingerprint density at radius 2 is 2.15 bits per heavy atom. The van der Waals surface area contributed by atoms with Crippen LogP contribution in [0.15, 0.2) is 0 Å². The molecule has 1 heterocycles. The monoisotopic (exact) mass is 206 g/mol. The molecule has 0 radical (unpaired) electrons. The summed E-state index contributed by atoms with van der Waals surface area (Å²) < 4.78 is 21.6. The second-order valence-corrected chi connectivity index (χ2v) is 5.73. The van der Waals surface area contributed by atoms with Gasteiger partial charge in [0, 0.05) is 12.6 Å². The van der Waals surface area contributed by atoms with E-state index in [4.69, 9.17) is 5.14 Å². The van der Waals surface area contributed by atoms with Crippen molar-refractivity contribution in [2.24, 2.45) is 11.1 Å². The van der Waals surface area contributed by atoms with Gasteiger partial charge in [0.05, 0.1) is 5.75 Å². The molecule has 0 spiro atoms. The van der Waals surface area contributed by atoms with Crippen LogP contribution in [-0.2, 0) is 10.0 Å². The topological polar surface area (TPSA) is 63.4 Å². The second kappa shape index (κ2) is 3.94. The zero-order chi connectivity index (χ0) is 10.1. The Balaban J connectivity index is 2.42. The number of nitrogens with zero attached hydrogens (tertiary/aromatic N) is 1. The molecule has 1 atom stereocenters. The van der Waals surface area contributed by atoms with Gasteiger partial charge in [0.1, 0.15) is 0 Å². The molecule has 0 amide bonds. The van der Waals surface area contributed by atoms with Crippen molar-refractivity contribution in [1.29, 1.82) is 0 Å². The maximum atomic E-state index is 10.8. The molecule has 13 heavy (non-hydrogen) atoms. The van der Waals surface area contributed by atoms with E-state index in [0.717, 1.165) is 19.5 Å². The van der Waals surface area contributed by atoms with Crippen molar-refractivity contribution in [3.8, 4) is 0 Å². The van der Waals surface area contributed by atoms with E-state index in [1.165, 1.54) is 0 Å². The number of likely N-dealkylation sites (tertiary alicyclic amines) is 1. The number of rotatable bonds is 3. The molecule has 2 N–H and O–H groups in total. The minimum atomic E-state index is -3.28. The van der Waals surface area contributed by atoms with E-state index >= 15 is 0 Å². The fourth-order valence-corrected chi connectivity index (χ4v) is 2.73. The van der Waals surface area contributed by atoms with Crippen LogP contribution in [0.5, 0.6) is 0 Å². The van der Waals surface area contributed by atoms with E-state index in [0.29, 0.717) is 6.04 Å². The quantitative estimate of drug-likeness (QED) is 0.707. The number of sulfonamides is 1. The lowest BCUT2D eigenvalue weighted by Gasteiger charge is -2.19. The summed E-state index contributed by atoms with van der Waals surface area (Å²) in [6.07, 6.45) is 0.953.